The van der Waals surface area contributed by atoms with Crippen molar-refractivity contribution in [2.45, 2.75) is 12.8 Å². The van der Waals surface area contributed by atoms with Gasteiger partial charge in [-0.2, -0.15) is 0 Å². The van der Waals surface area contributed by atoms with Crippen LogP contribution in [0.5, 0.6) is 5.75 Å². The van der Waals surface area contributed by atoms with E-state index in [-0.39, 0.29) is 12.5 Å². The molecule has 0 saturated carbocycles. The Morgan fingerprint density at radius 1 is 1.26 bits per heavy atom. The van der Waals surface area contributed by atoms with Crippen molar-refractivity contribution in [3.63, 3.8) is 0 Å². The standard InChI is InChI=1S/C15H17BrO2S/c1-18-14-5-3-2-4-12(14)8-11(10-17)9-15-13(16)6-7-19-15/h2-7,11,17H,8-10H2,1H3. The lowest BCUT2D eigenvalue weighted by atomic mass is 9.96. The van der Waals surface area contributed by atoms with Gasteiger partial charge in [-0.25, -0.2) is 0 Å². The molecule has 1 heterocycles. The number of hydrogen-bond acceptors (Lipinski definition) is 3. The van der Waals surface area contributed by atoms with E-state index in [9.17, 15) is 5.11 Å². The second-order valence-corrected chi connectivity index (χ2v) is 6.32. The molecule has 1 atom stereocenters. The molecule has 0 bridgehead atoms. The quantitative estimate of drug-likeness (QED) is 0.863. The van der Waals surface area contributed by atoms with E-state index >= 15 is 0 Å². The minimum atomic E-state index is 0.183. The Kier molecular flexibility index (Phi) is 5.43. The Morgan fingerprint density at radius 2 is 2.05 bits per heavy atom. The molecular formula is C15H17BrO2S. The third-order valence-electron chi connectivity index (χ3n) is 3.12. The number of halogens is 1. The molecular weight excluding hydrogens is 324 g/mol. The van der Waals surface area contributed by atoms with Crippen LogP contribution in [-0.4, -0.2) is 18.8 Å². The maximum atomic E-state index is 9.59. The van der Waals surface area contributed by atoms with Crippen LogP contribution in [0.25, 0.3) is 0 Å². The summed E-state index contributed by atoms with van der Waals surface area (Å²) in [6.45, 7) is 0.183. The molecule has 1 unspecified atom stereocenters. The maximum absolute atomic E-state index is 9.59. The normalized spacial score (nSPS) is 12.4. The lowest BCUT2D eigenvalue weighted by molar-refractivity contribution is 0.224. The average molecular weight is 341 g/mol. The zero-order valence-corrected chi connectivity index (χ0v) is 13.2. The van der Waals surface area contributed by atoms with E-state index in [1.807, 2.05) is 18.2 Å². The van der Waals surface area contributed by atoms with E-state index in [4.69, 9.17) is 4.74 Å². The summed E-state index contributed by atoms with van der Waals surface area (Å²) in [5, 5.41) is 11.7. The van der Waals surface area contributed by atoms with Gasteiger partial charge in [-0.1, -0.05) is 18.2 Å². The number of aliphatic hydroxyl groups excluding tert-OH is 1. The molecule has 0 spiro atoms. The first kappa shape index (κ1) is 14.6. The third kappa shape index (κ3) is 3.81. The van der Waals surface area contributed by atoms with E-state index in [0.717, 1.165) is 28.6 Å². The summed E-state index contributed by atoms with van der Waals surface area (Å²) < 4.78 is 6.50. The van der Waals surface area contributed by atoms with E-state index in [1.54, 1.807) is 18.4 Å². The van der Waals surface area contributed by atoms with Gasteiger partial charge in [0.15, 0.2) is 0 Å². The molecule has 0 aliphatic heterocycles. The topological polar surface area (TPSA) is 29.5 Å². The Bertz CT molecular complexity index is 524. The van der Waals surface area contributed by atoms with Crippen LogP contribution < -0.4 is 4.74 Å². The van der Waals surface area contributed by atoms with Gasteiger partial charge < -0.3 is 9.84 Å². The van der Waals surface area contributed by atoms with E-state index < -0.39 is 0 Å². The van der Waals surface area contributed by atoms with Crippen molar-refractivity contribution in [1.29, 1.82) is 0 Å². The second-order valence-electron chi connectivity index (χ2n) is 4.46. The number of hydrogen-bond donors (Lipinski definition) is 1. The van der Waals surface area contributed by atoms with Crippen molar-refractivity contribution in [2.75, 3.05) is 13.7 Å². The van der Waals surface area contributed by atoms with Crippen LogP contribution in [0.1, 0.15) is 10.4 Å². The van der Waals surface area contributed by atoms with E-state index in [1.165, 1.54) is 4.88 Å². The summed E-state index contributed by atoms with van der Waals surface area (Å²) in [5.41, 5.74) is 1.15. The minimum absolute atomic E-state index is 0.183. The molecule has 19 heavy (non-hydrogen) atoms. The number of ether oxygens (including phenoxy) is 1. The van der Waals surface area contributed by atoms with Crippen LogP contribution in [0.15, 0.2) is 40.2 Å². The van der Waals surface area contributed by atoms with Gasteiger partial charge in [0.05, 0.1) is 7.11 Å². The molecule has 1 N–H and O–H groups in total. The molecule has 2 rings (SSSR count). The zero-order chi connectivity index (χ0) is 13.7. The van der Waals surface area contributed by atoms with Gasteiger partial charge in [0.2, 0.25) is 0 Å². The van der Waals surface area contributed by atoms with Crippen molar-refractivity contribution in [3.8, 4) is 5.75 Å². The first-order chi connectivity index (χ1) is 9.24. The van der Waals surface area contributed by atoms with Gasteiger partial charge in [-0.05, 0) is 57.8 Å². The smallest absolute Gasteiger partial charge is 0.122 e. The number of methoxy groups -OCH3 is 1. The molecule has 0 saturated heterocycles. The highest BCUT2D eigenvalue weighted by molar-refractivity contribution is 9.10. The highest BCUT2D eigenvalue weighted by atomic mass is 79.9. The van der Waals surface area contributed by atoms with Crippen LogP contribution in [0.2, 0.25) is 0 Å². The van der Waals surface area contributed by atoms with Crippen molar-refractivity contribution in [3.05, 3.63) is 50.6 Å². The van der Waals surface area contributed by atoms with E-state index in [2.05, 4.69) is 33.4 Å². The van der Waals surface area contributed by atoms with Gasteiger partial charge in [-0.3, -0.25) is 0 Å². The molecule has 1 aromatic heterocycles. The number of thiophene rings is 1. The Balaban J connectivity index is 2.09. The Hall–Kier alpha value is -0.840. The molecule has 0 aliphatic rings. The summed E-state index contributed by atoms with van der Waals surface area (Å²) >= 11 is 5.27. The molecule has 0 radical (unpaired) electrons. The molecule has 2 nitrogen and oxygen atoms in total. The monoisotopic (exact) mass is 340 g/mol. The molecule has 4 heteroatoms. The van der Waals surface area contributed by atoms with Gasteiger partial charge in [0.25, 0.3) is 0 Å². The van der Waals surface area contributed by atoms with Crippen LogP contribution >= 0.6 is 27.3 Å². The number of benzene rings is 1. The van der Waals surface area contributed by atoms with Crippen molar-refractivity contribution in [1.82, 2.24) is 0 Å². The first-order valence-corrected chi connectivity index (χ1v) is 7.86. The van der Waals surface area contributed by atoms with Crippen LogP contribution in [0.3, 0.4) is 0 Å². The zero-order valence-electron chi connectivity index (χ0n) is 10.8. The average Bonchev–Trinajstić information content (AvgIpc) is 2.84. The highest BCUT2D eigenvalue weighted by Gasteiger charge is 2.14. The summed E-state index contributed by atoms with van der Waals surface area (Å²) in [6.07, 6.45) is 1.71. The highest BCUT2D eigenvalue weighted by Crippen LogP contribution is 2.28. The third-order valence-corrected chi connectivity index (χ3v) is 5.07. The Morgan fingerprint density at radius 3 is 2.68 bits per heavy atom. The number of aliphatic hydroxyl groups is 1. The van der Waals surface area contributed by atoms with Crippen LogP contribution in [0, 0.1) is 5.92 Å². The van der Waals surface area contributed by atoms with E-state index in [0.29, 0.717) is 0 Å². The number of para-hydroxylation sites is 1. The predicted molar refractivity (Wildman–Crippen MR) is 83.0 cm³/mol. The minimum Gasteiger partial charge on any atom is -0.496 e. The maximum Gasteiger partial charge on any atom is 0.122 e. The molecule has 102 valence electrons. The Labute approximate surface area is 126 Å². The lowest BCUT2D eigenvalue weighted by Gasteiger charge is -2.15. The molecule has 1 aromatic carbocycles. The summed E-state index contributed by atoms with van der Waals surface area (Å²) in [7, 11) is 1.68. The molecule has 0 fully saturated rings. The fourth-order valence-corrected chi connectivity index (χ4v) is 3.75. The van der Waals surface area contributed by atoms with Crippen LogP contribution in [-0.2, 0) is 12.8 Å². The fraction of sp³-hybridized carbons (Fsp3) is 0.333. The molecule has 0 amide bonds. The SMILES string of the molecule is COc1ccccc1CC(CO)Cc1sccc1Br. The van der Waals surface area contributed by atoms with Gasteiger partial charge in [-0.15, -0.1) is 11.3 Å². The van der Waals surface area contributed by atoms with Gasteiger partial charge in [0.1, 0.15) is 5.75 Å². The van der Waals surface area contributed by atoms with Gasteiger partial charge >= 0.3 is 0 Å². The summed E-state index contributed by atoms with van der Waals surface area (Å²) in [4.78, 5) is 1.29. The largest absolute Gasteiger partial charge is 0.496 e. The van der Waals surface area contributed by atoms with Crippen LogP contribution in [0.4, 0.5) is 0 Å². The molecule has 2 aromatic rings. The van der Waals surface area contributed by atoms with Crippen molar-refractivity contribution >= 4 is 27.3 Å². The molecule has 0 aliphatic carbocycles. The lowest BCUT2D eigenvalue weighted by Crippen LogP contribution is -2.13. The first-order valence-electron chi connectivity index (χ1n) is 6.19. The predicted octanol–water partition coefficient (Wildman–Crippen LogP) is 3.91. The number of rotatable bonds is 6. The van der Waals surface area contributed by atoms with Crippen molar-refractivity contribution in [2.24, 2.45) is 5.92 Å². The van der Waals surface area contributed by atoms with Gasteiger partial charge in [0, 0.05) is 16.0 Å². The summed E-state index contributed by atoms with van der Waals surface area (Å²) in [5.74, 6) is 1.11. The van der Waals surface area contributed by atoms with Crippen molar-refractivity contribution < 1.29 is 9.84 Å². The second kappa shape index (κ2) is 7.08. The fourth-order valence-electron chi connectivity index (χ4n) is 2.12. The summed E-state index contributed by atoms with van der Waals surface area (Å²) in [6, 6.07) is 10.0.